The predicted octanol–water partition coefficient (Wildman–Crippen LogP) is 1.55. The molecule has 0 bridgehead atoms. The fourth-order valence-corrected chi connectivity index (χ4v) is 2.10. The molecular formula is C8H13BrN4S. The quantitative estimate of drug-likeness (QED) is 0.830. The number of nitrogens with two attached hydrogens (primary N) is 1. The maximum atomic E-state index is 5.50. The van der Waals surface area contributed by atoms with Crippen LogP contribution in [0.1, 0.15) is 5.82 Å². The lowest BCUT2D eigenvalue weighted by atomic mass is 10.6. The topological polar surface area (TPSA) is 56.7 Å². The van der Waals surface area contributed by atoms with E-state index >= 15 is 0 Å². The summed E-state index contributed by atoms with van der Waals surface area (Å²) in [6.45, 7) is 7.05. The van der Waals surface area contributed by atoms with Gasteiger partial charge in [0.2, 0.25) is 0 Å². The Balaban J connectivity index is 2.70. The summed E-state index contributed by atoms with van der Waals surface area (Å²) in [6.07, 6.45) is 0. The fraction of sp³-hybridized carbons (Fsp3) is 0.500. The number of rotatable bonds is 5. The van der Waals surface area contributed by atoms with Gasteiger partial charge in [-0.25, -0.2) is 0 Å². The summed E-state index contributed by atoms with van der Waals surface area (Å²) in [5, 5.41) is 8.97. The van der Waals surface area contributed by atoms with Crippen LogP contribution in [-0.4, -0.2) is 27.1 Å². The molecule has 0 aliphatic heterocycles. The molecule has 2 N–H and O–H groups in total. The van der Waals surface area contributed by atoms with Crippen molar-refractivity contribution in [2.45, 2.75) is 18.6 Å². The van der Waals surface area contributed by atoms with Gasteiger partial charge in [0.05, 0.1) is 0 Å². The number of aryl methyl sites for hydroxylation is 1. The number of halogens is 1. The molecule has 0 spiro atoms. The van der Waals surface area contributed by atoms with E-state index < -0.39 is 0 Å². The van der Waals surface area contributed by atoms with Crippen LogP contribution in [0, 0.1) is 6.92 Å². The molecule has 0 atom stereocenters. The van der Waals surface area contributed by atoms with Crippen LogP contribution >= 0.6 is 27.7 Å². The standard InChI is InChI=1S/C8H13BrN4S/c1-6(9)5-14-8-12-11-7(2)13(8)4-3-10/h1,3-5,10H2,2H3. The first-order valence-electron chi connectivity index (χ1n) is 4.21. The van der Waals surface area contributed by atoms with Crippen LogP contribution in [0.5, 0.6) is 0 Å². The first-order chi connectivity index (χ1) is 6.65. The van der Waals surface area contributed by atoms with Gasteiger partial charge >= 0.3 is 0 Å². The summed E-state index contributed by atoms with van der Waals surface area (Å²) in [5.74, 6) is 1.70. The molecule has 14 heavy (non-hydrogen) atoms. The molecule has 0 aliphatic carbocycles. The van der Waals surface area contributed by atoms with Crippen molar-refractivity contribution in [3.63, 3.8) is 0 Å². The van der Waals surface area contributed by atoms with E-state index in [1.54, 1.807) is 11.8 Å². The van der Waals surface area contributed by atoms with Gasteiger partial charge in [-0.05, 0) is 11.4 Å². The van der Waals surface area contributed by atoms with Crippen LogP contribution in [0.4, 0.5) is 0 Å². The smallest absolute Gasteiger partial charge is 0.191 e. The first kappa shape index (κ1) is 11.7. The van der Waals surface area contributed by atoms with Crippen LogP contribution in [-0.2, 0) is 6.54 Å². The summed E-state index contributed by atoms with van der Waals surface area (Å²) in [7, 11) is 0. The molecule has 1 aromatic heterocycles. The normalized spacial score (nSPS) is 10.5. The van der Waals surface area contributed by atoms with Crippen LogP contribution in [0.25, 0.3) is 0 Å². The maximum Gasteiger partial charge on any atom is 0.191 e. The Bertz CT molecular complexity index is 323. The minimum atomic E-state index is 0.599. The number of hydrogen-bond donors (Lipinski definition) is 1. The molecule has 1 aromatic rings. The SMILES string of the molecule is C=C(Br)CSc1nnc(C)n1CCN. The lowest BCUT2D eigenvalue weighted by Crippen LogP contribution is -2.12. The largest absolute Gasteiger partial charge is 0.329 e. The van der Waals surface area contributed by atoms with Crippen molar-refractivity contribution in [1.29, 1.82) is 0 Å². The van der Waals surface area contributed by atoms with Gasteiger partial charge in [0.15, 0.2) is 5.16 Å². The van der Waals surface area contributed by atoms with E-state index in [1.807, 2.05) is 11.5 Å². The van der Waals surface area contributed by atoms with E-state index in [-0.39, 0.29) is 0 Å². The summed E-state index contributed by atoms with van der Waals surface area (Å²) in [6, 6.07) is 0. The lowest BCUT2D eigenvalue weighted by Gasteiger charge is -2.05. The molecule has 78 valence electrons. The summed E-state index contributed by atoms with van der Waals surface area (Å²) >= 11 is 4.91. The van der Waals surface area contributed by atoms with Crippen LogP contribution in [0.2, 0.25) is 0 Å². The Morgan fingerprint density at radius 1 is 1.64 bits per heavy atom. The zero-order chi connectivity index (χ0) is 10.6. The third kappa shape index (κ3) is 3.11. The predicted molar refractivity (Wildman–Crippen MR) is 62.6 cm³/mol. The minimum Gasteiger partial charge on any atom is -0.329 e. The van der Waals surface area contributed by atoms with Crippen LogP contribution in [0.15, 0.2) is 16.2 Å². The van der Waals surface area contributed by atoms with Gasteiger partial charge in [0.25, 0.3) is 0 Å². The summed E-state index contributed by atoms with van der Waals surface area (Å²) in [5.41, 5.74) is 5.50. The number of aromatic nitrogens is 3. The third-order valence-electron chi connectivity index (χ3n) is 1.61. The molecule has 0 radical (unpaired) electrons. The van der Waals surface area contributed by atoms with Gasteiger partial charge < -0.3 is 10.3 Å². The minimum absolute atomic E-state index is 0.599. The molecule has 0 saturated heterocycles. The second-order valence-electron chi connectivity index (χ2n) is 2.78. The Kier molecular flexibility index (Phi) is 4.64. The zero-order valence-corrected chi connectivity index (χ0v) is 10.4. The van der Waals surface area contributed by atoms with E-state index in [0.717, 1.165) is 27.8 Å². The van der Waals surface area contributed by atoms with E-state index in [9.17, 15) is 0 Å². The molecule has 4 nitrogen and oxygen atoms in total. The van der Waals surface area contributed by atoms with Crippen molar-refractivity contribution in [2.75, 3.05) is 12.3 Å². The summed E-state index contributed by atoms with van der Waals surface area (Å²) < 4.78 is 2.96. The third-order valence-corrected chi connectivity index (χ3v) is 3.32. The molecule has 1 heterocycles. The zero-order valence-electron chi connectivity index (χ0n) is 8.03. The number of nitrogens with zero attached hydrogens (tertiary/aromatic N) is 3. The molecular weight excluding hydrogens is 264 g/mol. The van der Waals surface area contributed by atoms with Gasteiger partial charge in [0.1, 0.15) is 5.82 Å². The number of hydrogen-bond acceptors (Lipinski definition) is 4. The Labute approximate surface area is 96.1 Å². The van der Waals surface area contributed by atoms with E-state index in [4.69, 9.17) is 5.73 Å². The highest BCUT2D eigenvalue weighted by molar-refractivity contribution is 9.11. The average Bonchev–Trinajstić information content (AvgIpc) is 2.46. The monoisotopic (exact) mass is 276 g/mol. The second-order valence-corrected chi connectivity index (χ2v) is 4.84. The fourth-order valence-electron chi connectivity index (χ4n) is 0.998. The second kappa shape index (κ2) is 5.53. The lowest BCUT2D eigenvalue weighted by molar-refractivity contribution is 0.628. The van der Waals surface area contributed by atoms with Crippen molar-refractivity contribution in [1.82, 2.24) is 14.8 Å². The van der Waals surface area contributed by atoms with Crippen LogP contribution in [0.3, 0.4) is 0 Å². The van der Waals surface area contributed by atoms with Crippen molar-refractivity contribution < 1.29 is 0 Å². The van der Waals surface area contributed by atoms with Crippen LogP contribution < -0.4 is 5.73 Å². The molecule has 0 amide bonds. The van der Waals surface area contributed by atoms with Gasteiger partial charge in [-0.1, -0.05) is 34.3 Å². The first-order valence-corrected chi connectivity index (χ1v) is 5.99. The van der Waals surface area contributed by atoms with E-state index in [1.165, 1.54) is 0 Å². The van der Waals surface area contributed by atoms with Gasteiger partial charge in [-0.3, -0.25) is 0 Å². The Morgan fingerprint density at radius 3 is 2.93 bits per heavy atom. The van der Waals surface area contributed by atoms with E-state index in [2.05, 4.69) is 32.7 Å². The number of thioether (sulfide) groups is 1. The van der Waals surface area contributed by atoms with Crippen molar-refractivity contribution in [3.8, 4) is 0 Å². The molecule has 6 heteroatoms. The molecule has 0 fully saturated rings. The highest BCUT2D eigenvalue weighted by atomic mass is 79.9. The molecule has 0 saturated carbocycles. The molecule has 0 aliphatic rings. The van der Waals surface area contributed by atoms with Crippen molar-refractivity contribution in [3.05, 3.63) is 16.9 Å². The summed E-state index contributed by atoms with van der Waals surface area (Å²) in [4.78, 5) is 0. The molecule has 1 rings (SSSR count). The maximum absolute atomic E-state index is 5.50. The van der Waals surface area contributed by atoms with Gasteiger partial charge in [0, 0.05) is 18.8 Å². The van der Waals surface area contributed by atoms with Gasteiger partial charge in [-0.15, -0.1) is 10.2 Å². The average molecular weight is 277 g/mol. The highest BCUT2D eigenvalue weighted by Crippen LogP contribution is 2.20. The van der Waals surface area contributed by atoms with Crippen molar-refractivity contribution in [2.24, 2.45) is 5.73 Å². The molecule has 0 aromatic carbocycles. The Hall–Kier alpha value is -0.330. The Morgan fingerprint density at radius 2 is 2.36 bits per heavy atom. The van der Waals surface area contributed by atoms with Crippen molar-refractivity contribution >= 4 is 27.7 Å². The van der Waals surface area contributed by atoms with E-state index in [0.29, 0.717) is 6.54 Å². The highest BCUT2D eigenvalue weighted by Gasteiger charge is 2.08. The van der Waals surface area contributed by atoms with Gasteiger partial charge in [-0.2, -0.15) is 0 Å². The molecule has 0 unspecified atom stereocenters.